The van der Waals surface area contributed by atoms with Gasteiger partial charge >= 0.3 is 0 Å². The topological polar surface area (TPSA) is 51.0 Å². The monoisotopic (exact) mass is 388 g/mol. The van der Waals surface area contributed by atoms with Crippen LogP contribution in [0.3, 0.4) is 0 Å². The van der Waals surface area contributed by atoms with Crippen molar-refractivity contribution in [3.8, 4) is 11.1 Å². The lowest BCUT2D eigenvalue weighted by molar-refractivity contribution is 0.0614. The van der Waals surface area contributed by atoms with Gasteiger partial charge < -0.3 is 4.90 Å². The molecule has 0 N–H and O–H groups in total. The molecule has 1 amide bonds. The summed E-state index contributed by atoms with van der Waals surface area (Å²) in [5.74, 6) is 0.110. The highest BCUT2D eigenvalue weighted by Gasteiger charge is 2.26. The Kier molecular flexibility index (Phi) is 6.03. The SMILES string of the molecule is CCn1cc(-c2cccc(C(=O)N(Cc3ccncc3)C3CCCCC3)c2)cn1. The zero-order chi connectivity index (χ0) is 20.1. The molecular weight excluding hydrogens is 360 g/mol. The Morgan fingerprint density at radius 3 is 2.62 bits per heavy atom. The van der Waals surface area contributed by atoms with E-state index in [1.807, 2.05) is 53.5 Å². The van der Waals surface area contributed by atoms with E-state index in [0.717, 1.165) is 41.6 Å². The smallest absolute Gasteiger partial charge is 0.254 e. The second kappa shape index (κ2) is 9.03. The molecule has 3 aromatic rings. The maximum absolute atomic E-state index is 13.6. The number of hydrogen-bond donors (Lipinski definition) is 0. The Morgan fingerprint density at radius 1 is 1.10 bits per heavy atom. The third-order valence-electron chi connectivity index (χ3n) is 5.78. The van der Waals surface area contributed by atoms with Crippen LogP contribution in [0.4, 0.5) is 0 Å². The average molecular weight is 389 g/mol. The molecule has 1 fully saturated rings. The van der Waals surface area contributed by atoms with E-state index in [4.69, 9.17) is 0 Å². The molecule has 1 saturated carbocycles. The molecule has 5 nitrogen and oxygen atoms in total. The molecule has 1 aliphatic rings. The van der Waals surface area contributed by atoms with Gasteiger partial charge in [-0.2, -0.15) is 5.10 Å². The number of rotatable bonds is 6. The van der Waals surface area contributed by atoms with Crippen LogP contribution in [0, 0.1) is 0 Å². The molecule has 0 bridgehead atoms. The van der Waals surface area contributed by atoms with Gasteiger partial charge in [0.2, 0.25) is 0 Å². The molecule has 29 heavy (non-hydrogen) atoms. The molecule has 0 radical (unpaired) electrons. The second-order valence-electron chi connectivity index (χ2n) is 7.75. The van der Waals surface area contributed by atoms with E-state index < -0.39 is 0 Å². The minimum Gasteiger partial charge on any atom is -0.331 e. The van der Waals surface area contributed by atoms with Crippen molar-refractivity contribution in [3.63, 3.8) is 0 Å². The maximum Gasteiger partial charge on any atom is 0.254 e. The summed E-state index contributed by atoms with van der Waals surface area (Å²) in [7, 11) is 0. The molecule has 0 unspecified atom stereocenters. The Bertz CT molecular complexity index is 944. The van der Waals surface area contributed by atoms with Crippen molar-refractivity contribution in [2.75, 3.05) is 0 Å². The molecule has 2 heterocycles. The van der Waals surface area contributed by atoms with Crippen LogP contribution in [-0.4, -0.2) is 31.6 Å². The van der Waals surface area contributed by atoms with Gasteiger partial charge in [-0.1, -0.05) is 31.4 Å². The predicted molar refractivity (Wildman–Crippen MR) is 114 cm³/mol. The van der Waals surface area contributed by atoms with Gasteiger partial charge in [0.1, 0.15) is 0 Å². The van der Waals surface area contributed by atoms with Crippen LogP contribution < -0.4 is 0 Å². The molecule has 150 valence electrons. The summed E-state index contributed by atoms with van der Waals surface area (Å²) >= 11 is 0. The summed E-state index contributed by atoms with van der Waals surface area (Å²) in [5.41, 5.74) is 3.94. The molecule has 0 spiro atoms. The van der Waals surface area contributed by atoms with E-state index in [9.17, 15) is 4.79 Å². The van der Waals surface area contributed by atoms with Gasteiger partial charge in [-0.3, -0.25) is 14.5 Å². The Labute approximate surface area is 172 Å². The molecule has 0 atom stereocenters. The van der Waals surface area contributed by atoms with Gasteiger partial charge in [-0.05, 0) is 55.2 Å². The molecular formula is C24H28N4O. The van der Waals surface area contributed by atoms with Gasteiger partial charge in [-0.15, -0.1) is 0 Å². The highest BCUT2D eigenvalue weighted by molar-refractivity contribution is 5.95. The van der Waals surface area contributed by atoms with Crippen molar-refractivity contribution in [2.45, 2.75) is 58.2 Å². The van der Waals surface area contributed by atoms with Crippen LogP contribution in [0.2, 0.25) is 0 Å². The first-order chi connectivity index (χ1) is 14.2. The van der Waals surface area contributed by atoms with Crippen molar-refractivity contribution < 1.29 is 4.79 Å². The van der Waals surface area contributed by atoms with Crippen molar-refractivity contribution in [1.82, 2.24) is 19.7 Å². The summed E-state index contributed by atoms with van der Waals surface area (Å²) in [6.07, 6.45) is 13.3. The van der Waals surface area contributed by atoms with Gasteiger partial charge in [0.05, 0.1) is 6.20 Å². The molecule has 1 aromatic carbocycles. The van der Waals surface area contributed by atoms with Crippen molar-refractivity contribution in [1.29, 1.82) is 0 Å². The fraction of sp³-hybridized carbons (Fsp3) is 0.375. The maximum atomic E-state index is 13.6. The molecule has 1 aliphatic carbocycles. The first-order valence-corrected chi connectivity index (χ1v) is 10.6. The summed E-state index contributed by atoms with van der Waals surface area (Å²) in [4.78, 5) is 19.8. The number of benzene rings is 1. The summed E-state index contributed by atoms with van der Waals surface area (Å²) in [5, 5.41) is 4.37. The minimum atomic E-state index is 0.110. The first kappa shape index (κ1) is 19.4. The quantitative estimate of drug-likeness (QED) is 0.601. The number of carbonyl (C=O) groups is 1. The Morgan fingerprint density at radius 2 is 1.90 bits per heavy atom. The summed E-state index contributed by atoms with van der Waals surface area (Å²) in [6.45, 7) is 3.53. The number of aryl methyl sites for hydroxylation is 1. The fourth-order valence-electron chi connectivity index (χ4n) is 4.13. The number of hydrogen-bond acceptors (Lipinski definition) is 3. The van der Waals surface area contributed by atoms with Crippen molar-refractivity contribution in [2.24, 2.45) is 0 Å². The molecule has 0 aliphatic heterocycles. The van der Waals surface area contributed by atoms with E-state index in [1.54, 1.807) is 12.4 Å². The fourth-order valence-corrected chi connectivity index (χ4v) is 4.13. The third-order valence-corrected chi connectivity index (χ3v) is 5.78. The molecule has 4 rings (SSSR count). The molecule has 2 aromatic heterocycles. The number of nitrogens with zero attached hydrogens (tertiary/aromatic N) is 4. The number of carbonyl (C=O) groups excluding carboxylic acids is 1. The minimum absolute atomic E-state index is 0.110. The van der Waals surface area contributed by atoms with E-state index in [2.05, 4.69) is 21.9 Å². The standard InChI is InChI=1S/C24H28N4O/c1-2-27-18-22(16-26-27)20-7-6-8-21(15-20)24(29)28(23-9-4-3-5-10-23)17-19-11-13-25-14-12-19/h6-8,11-16,18,23H,2-5,9-10,17H2,1H3. The second-order valence-corrected chi connectivity index (χ2v) is 7.75. The largest absolute Gasteiger partial charge is 0.331 e. The number of aromatic nitrogens is 3. The van der Waals surface area contributed by atoms with Gasteiger partial charge in [0.25, 0.3) is 5.91 Å². The third kappa shape index (κ3) is 4.56. The lowest BCUT2D eigenvalue weighted by Gasteiger charge is -2.34. The Balaban J connectivity index is 1.62. The van der Waals surface area contributed by atoms with Crippen LogP contribution >= 0.6 is 0 Å². The number of pyridine rings is 1. The van der Waals surface area contributed by atoms with Crippen LogP contribution in [0.25, 0.3) is 11.1 Å². The average Bonchev–Trinajstić information content (AvgIpc) is 3.28. The highest BCUT2D eigenvalue weighted by atomic mass is 16.2. The zero-order valence-corrected chi connectivity index (χ0v) is 17.0. The highest BCUT2D eigenvalue weighted by Crippen LogP contribution is 2.27. The van der Waals surface area contributed by atoms with Crippen LogP contribution in [-0.2, 0) is 13.1 Å². The van der Waals surface area contributed by atoms with E-state index in [0.29, 0.717) is 12.6 Å². The van der Waals surface area contributed by atoms with Gasteiger partial charge in [0, 0.05) is 48.8 Å². The van der Waals surface area contributed by atoms with Gasteiger partial charge in [0.15, 0.2) is 0 Å². The lowest BCUT2D eigenvalue weighted by atomic mass is 9.93. The van der Waals surface area contributed by atoms with Crippen LogP contribution in [0.1, 0.15) is 54.9 Å². The normalized spacial score (nSPS) is 14.7. The zero-order valence-electron chi connectivity index (χ0n) is 17.0. The lowest BCUT2D eigenvalue weighted by Crippen LogP contribution is -2.41. The summed E-state index contributed by atoms with van der Waals surface area (Å²) in [6, 6.07) is 12.2. The van der Waals surface area contributed by atoms with Crippen LogP contribution in [0.15, 0.2) is 61.2 Å². The van der Waals surface area contributed by atoms with Gasteiger partial charge in [-0.25, -0.2) is 0 Å². The predicted octanol–water partition coefficient (Wildman–Crippen LogP) is 4.94. The Hall–Kier alpha value is -2.95. The van der Waals surface area contributed by atoms with Crippen molar-refractivity contribution >= 4 is 5.91 Å². The summed E-state index contributed by atoms with van der Waals surface area (Å²) < 4.78 is 1.90. The van der Waals surface area contributed by atoms with Crippen LogP contribution in [0.5, 0.6) is 0 Å². The van der Waals surface area contributed by atoms with E-state index in [-0.39, 0.29) is 5.91 Å². The molecule has 0 saturated heterocycles. The number of amides is 1. The first-order valence-electron chi connectivity index (χ1n) is 10.6. The van der Waals surface area contributed by atoms with E-state index >= 15 is 0 Å². The van der Waals surface area contributed by atoms with Crippen molar-refractivity contribution in [3.05, 3.63) is 72.3 Å². The van der Waals surface area contributed by atoms with E-state index in [1.165, 1.54) is 19.3 Å². The molecule has 5 heteroatoms.